The zero-order valence-electron chi connectivity index (χ0n) is 16.1. The molecule has 0 aliphatic carbocycles. The number of aliphatic hydroxyl groups is 2. The van der Waals surface area contributed by atoms with Gasteiger partial charge in [0.1, 0.15) is 6.10 Å². The molecule has 0 amide bonds. The van der Waals surface area contributed by atoms with E-state index in [2.05, 4.69) is 28.3 Å². The fourth-order valence-electron chi connectivity index (χ4n) is 4.48. The van der Waals surface area contributed by atoms with Gasteiger partial charge in [-0.1, -0.05) is 30.3 Å². The van der Waals surface area contributed by atoms with E-state index in [1.165, 1.54) is 5.56 Å². The Kier molecular flexibility index (Phi) is 4.84. The Morgan fingerprint density at radius 3 is 2.59 bits per heavy atom. The van der Waals surface area contributed by atoms with Crippen molar-refractivity contribution in [3.63, 3.8) is 0 Å². The van der Waals surface area contributed by atoms with Gasteiger partial charge in [0.05, 0.1) is 23.5 Å². The van der Waals surface area contributed by atoms with Crippen LogP contribution in [0.2, 0.25) is 0 Å². The van der Waals surface area contributed by atoms with Crippen molar-refractivity contribution in [2.24, 2.45) is 7.05 Å². The van der Waals surface area contributed by atoms with Gasteiger partial charge in [-0.05, 0) is 19.8 Å². The Labute approximate surface area is 160 Å². The van der Waals surface area contributed by atoms with E-state index in [4.69, 9.17) is 4.74 Å². The van der Waals surface area contributed by atoms with Crippen LogP contribution in [0.3, 0.4) is 0 Å². The fourth-order valence-corrected chi connectivity index (χ4v) is 4.48. The number of aryl methyl sites for hydroxylation is 1. The normalized spacial score (nSPS) is 28.5. The van der Waals surface area contributed by atoms with Crippen molar-refractivity contribution in [1.82, 2.24) is 14.7 Å². The molecule has 0 unspecified atom stereocenters. The standard InChI is InChI=1S/C21H29N3O3/c1-20(26)10-13-27-21(19(20)25)8-11-24(12-9-21)15-17-14-23(2)22-18(17)16-6-4-3-5-7-16/h3-7,14,19,25-26H,8-13,15H2,1-2H3/t19-,20+/m0/s1. The highest BCUT2D eigenvalue weighted by molar-refractivity contribution is 5.62. The number of piperidine rings is 1. The molecule has 0 radical (unpaired) electrons. The summed E-state index contributed by atoms with van der Waals surface area (Å²) in [5, 5.41) is 25.8. The molecular weight excluding hydrogens is 342 g/mol. The van der Waals surface area contributed by atoms with E-state index in [1.807, 2.05) is 29.9 Å². The molecule has 1 spiro atoms. The number of rotatable bonds is 3. The second kappa shape index (κ2) is 7.02. The first kappa shape index (κ1) is 18.6. The summed E-state index contributed by atoms with van der Waals surface area (Å²) in [5.74, 6) is 0. The van der Waals surface area contributed by atoms with Gasteiger partial charge in [0, 0.05) is 50.4 Å². The highest BCUT2D eigenvalue weighted by Crippen LogP contribution is 2.40. The van der Waals surface area contributed by atoms with Crippen molar-refractivity contribution in [3.05, 3.63) is 42.1 Å². The maximum atomic E-state index is 10.7. The Bertz CT molecular complexity index is 779. The molecule has 2 aromatic rings. The van der Waals surface area contributed by atoms with Crippen molar-refractivity contribution in [2.75, 3.05) is 19.7 Å². The summed E-state index contributed by atoms with van der Waals surface area (Å²) < 4.78 is 7.87. The number of benzene rings is 1. The molecule has 6 heteroatoms. The van der Waals surface area contributed by atoms with Crippen LogP contribution in [0.5, 0.6) is 0 Å². The first-order chi connectivity index (χ1) is 12.9. The summed E-state index contributed by atoms with van der Waals surface area (Å²) in [5.41, 5.74) is 1.68. The molecule has 2 aliphatic rings. The van der Waals surface area contributed by atoms with Crippen LogP contribution in [-0.4, -0.2) is 61.9 Å². The lowest BCUT2D eigenvalue weighted by molar-refractivity contribution is -0.246. The molecule has 2 N–H and O–H groups in total. The van der Waals surface area contributed by atoms with Crippen LogP contribution < -0.4 is 0 Å². The predicted octanol–water partition coefficient (Wildman–Crippen LogP) is 1.95. The maximum Gasteiger partial charge on any atom is 0.111 e. The lowest BCUT2D eigenvalue weighted by atomic mass is 9.75. The van der Waals surface area contributed by atoms with Gasteiger partial charge in [0.2, 0.25) is 0 Å². The smallest absolute Gasteiger partial charge is 0.111 e. The van der Waals surface area contributed by atoms with E-state index >= 15 is 0 Å². The Balaban J connectivity index is 1.46. The van der Waals surface area contributed by atoms with E-state index in [9.17, 15) is 10.2 Å². The number of aliphatic hydroxyl groups excluding tert-OH is 1. The van der Waals surface area contributed by atoms with Crippen LogP contribution in [0.4, 0.5) is 0 Å². The molecule has 2 saturated heterocycles. The summed E-state index contributed by atoms with van der Waals surface area (Å²) in [6.07, 6.45) is 3.19. The zero-order valence-corrected chi connectivity index (χ0v) is 16.1. The van der Waals surface area contributed by atoms with E-state index in [0.29, 0.717) is 13.0 Å². The van der Waals surface area contributed by atoms with Gasteiger partial charge < -0.3 is 14.9 Å². The number of hydrogen-bond acceptors (Lipinski definition) is 5. The summed E-state index contributed by atoms with van der Waals surface area (Å²) in [7, 11) is 1.95. The van der Waals surface area contributed by atoms with Crippen LogP contribution in [-0.2, 0) is 18.3 Å². The molecule has 0 saturated carbocycles. The number of ether oxygens (including phenoxy) is 1. The van der Waals surface area contributed by atoms with Gasteiger partial charge in [-0.3, -0.25) is 9.58 Å². The molecule has 4 rings (SSSR count). The van der Waals surface area contributed by atoms with E-state index < -0.39 is 17.3 Å². The molecule has 2 aliphatic heterocycles. The van der Waals surface area contributed by atoms with Gasteiger partial charge in [-0.25, -0.2) is 0 Å². The van der Waals surface area contributed by atoms with Crippen LogP contribution in [0.1, 0.15) is 31.7 Å². The molecule has 3 heterocycles. The van der Waals surface area contributed by atoms with Crippen molar-refractivity contribution >= 4 is 0 Å². The summed E-state index contributed by atoms with van der Waals surface area (Å²) in [4.78, 5) is 2.38. The molecular formula is C21H29N3O3. The zero-order chi connectivity index (χ0) is 19.1. The molecule has 146 valence electrons. The Hall–Kier alpha value is -1.73. The van der Waals surface area contributed by atoms with Gasteiger partial charge in [0.25, 0.3) is 0 Å². The van der Waals surface area contributed by atoms with Gasteiger partial charge >= 0.3 is 0 Å². The summed E-state index contributed by atoms with van der Waals surface area (Å²) >= 11 is 0. The van der Waals surface area contributed by atoms with Crippen LogP contribution >= 0.6 is 0 Å². The van der Waals surface area contributed by atoms with Gasteiger partial charge in [-0.2, -0.15) is 5.10 Å². The van der Waals surface area contributed by atoms with Crippen molar-refractivity contribution in [2.45, 2.75) is 50.0 Å². The minimum atomic E-state index is -1.07. The minimum Gasteiger partial charge on any atom is -0.387 e. The largest absolute Gasteiger partial charge is 0.387 e. The first-order valence-corrected chi connectivity index (χ1v) is 9.74. The Morgan fingerprint density at radius 2 is 1.89 bits per heavy atom. The van der Waals surface area contributed by atoms with Crippen LogP contribution in [0.25, 0.3) is 11.3 Å². The molecule has 27 heavy (non-hydrogen) atoms. The molecule has 6 nitrogen and oxygen atoms in total. The number of likely N-dealkylation sites (tertiary alicyclic amines) is 1. The van der Waals surface area contributed by atoms with Crippen molar-refractivity contribution in [1.29, 1.82) is 0 Å². The molecule has 0 bridgehead atoms. The van der Waals surface area contributed by atoms with E-state index in [1.54, 1.807) is 6.92 Å². The van der Waals surface area contributed by atoms with Gasteiger partial charge in [0.15, 0.2) is 0 Å². The highest BCUT2D eigenvalue weighted by Gasteiger charge is 2.52. The van der Waals surface area contributed by atoms with Crippen LogP contribution in [0, 0.1) is 0 Å². The topological polar surface area (TPSA) is 70.8 Å². The third kappa shape index (κ3) is 3.55. The minimum absolute atomic E-state index is 0.482. The number of aromatic nitrogens is 2. The third-order valence-corrected chi connectivity index (χ3v) is 6.13. The fraction of sp³-hybridized carbons (Fsp3) is 0.571. The van der Waals surface area contributed by atoms with Crippen LogP contribution in [0.15, 0.2) is 36.5 Å². The van der Waals surface area contributed by atoms with Crippen molar-refractivity contribution in [3.8, 4) is 11.3 Å². The number of hydrogen-bond donors (Lipinski definition) is 2. The average molecular weight is 371 g/mol. The van der Waals surface area contributed by atoms with Gasteiger partial charge in [-0.15, -0.1) is 0 Å². The first-order valence-electron chi connectivity index (χ1n) is 9.74. The lowest BCUT2D eigenvalue weighted by Crippen LogP contribution is -2.64. The second-order valence-corrected chi connectivity index (χ2v) is 8.24. The van der Waals surface area contributed by atoms with Crippen molar-refractivity contribution < 1.29 is 14.9 Å². The predicted molar refractivity (Wildman–Crippen MR) is 103 cm³/mol. The monoisotopic (exact) mass is 371 g/mol. The second-order valence-electron chi connectivity index (χ2n) is 8.24. The quantitative estimate of drug-likeness (QED) is 0.863. The molecule has 1 aromatic carbocycles. The van der Waals surface area contributed by atoms with E-state index in [0.717, 1.165) is 43.7 Å². The summed E-state index contributed by atoms with van der Waals surface area (Å²) in [6.45, 7) is 4.70. The third-order valence-electron chi connectivity index (χ3n) is 6.13. The lowest BCUT2D eigenvalue weighted by Gasteiger charge is -2.51. The summed E-state index contributed by atoms with van der Waals surface area (Å²) in [6, 6.07) is 10.3. The SMILES string of the molecule is Cn1cc(CN2CCC3(CC2)OCC[C@@](C)(O)[C@@H]3O)c(-c2ccccc2)n1. The highest BCUT2D eigenvalue weighted by atomic mass is 16.5. The van der Waals surface area contributed by atoms with E-state index in [-0.39, 0.29) is 0 Å². The molecule has 2 atom stereocenters. The molecule has 1 aromatic heterocycles. The average Bonchev–Trinajstić information content (AvgIpc) is 3.02. The Morgan fingerprint density at radius 1 is 1.19 bits per heavy atom. The molecule has 2 fully saturated rings. The number of nitrogens with zero attached hydrogens (tertiary/aromatic N) is 3. The maximum absolute atomic E-state index is 10.7.